The number of nitrogens with two attached hydrogens (primary N) is 1. The molecule has 0 aliphatic heterocycles. The summed E-state index contributed by atoms with van der Waals surface area (Å²) in [6, 6.07) is 0. The van der Waals surface area contributed by atoms with Crippen molar-refractivity contribution in [3.05, 3.63) is 12.4 Å². The molecular formula is C6H11N3S2. The first-order valence-corrected chi connectivity index (χ1v) is 5.64. The van der Waals surface area contributed by atoms with E-state index >= 15 is 0 Å². The van der Waals surface area contributed by atoms with Crippen LogP contribution in [0.2, 0.25) is 0 Å². The molecule has 0 bridgehead atoms. The SMILES string of the molecule is CCCn1ccnc1SSN. The van der Waals surface area contributed by atoms with Gasteiger partial charge in [-0.15, -0.1) is 0 Å². The van der Waals surface area contributed by atoms with Crippen LogP contribution in [0.1, 0.15) is 13.3 Å². The summed E-state index contributed by atoms with van der Waals surface area (Å²) in [7, 11) is 2.73. The number of hydrogen-bond donors (Lipinski definition) is 1. The standard InChI is InChI=1S/C6H11N3S2/c1-2-4-9-5-3-8-6(9)10-11-7/h3,5H,2,4,7H2,1H3. The van der Waals surface area contributed by atoms with Crippen LogP contribution in [0.4, 0.5) is 0 Å². The Bertz CT molecular complexity index is 191. The highest BCUT2D eigenvalue weighted by molar-refractivity contribution is 8.75. The smallest absolute Gasteiger partial charge is 0.180 e. The first-order valence-electron chi connectivity index (χ1n) is 3.43. The maximum atomic E-state index is 5.31. The maximum Gasteiger partial charge on any atom is 0.180 e. The Labute approximate surface area is 74.3 Å². The van der Waals surface area contributed by atoms with Crippen molar-refractivity contribution in [1.82, 2.24) is 9.55 Å². The topological polar surface area (TPSA) is 43.8 Å². The Morgan fingerprint density at radius 2 is 2.55 bits per heavy atom. The normalized spacial score (nSPS) is 10.4. The third kappa shape index (κ3) is 2.43. The fourth-order valence-electron chi connectivity index (χ4n) is 0.839. The first-order chi connectivity index (χ1) is 5.38. The number of rotatable bonds is 4. The quantitative estimate of drug-likeness (QED) is 0.580. The van der Waals surface area contributed by atoms with E-state index in [1.165, 1.54) is 21.8 Å². The zero-order valence-corrected chi connectivity index (χ0v) is 7.99. The molecule has 1 aromatic rings. The summed E-state index contributed by atoms with van der Waals surface area (Å²) in [4.78, 5) is 4.15. The van der Waals surface area contributed by atoms with E-state index in [9.17, 15) is 0 Å². The molecule has 0 atom stereocenters. The van der Waals surface area contributed by atoms with Gasteiger partial charge in [0, 0.05) is 18.9 Å². The number of nitrogens with zero attached hydrogens (tertiary/aromatic N) is 2. The highest BCUT2D eigenvalue weighted by Gasteiger charge is 2.00. The van der Waals surface area contributed by atoms with E-state index in [4.69, 9.17) is 5.14 Å². The molecule has 0 fully saturated rings. The highest BCUT2D eigenvalue weighted by atomic mass is 33.1. The van der Waals surface area contributed by atoms with Crippen molar-refractivity contribution in [3.8, 4) is 0 Å². The fourth-order valence-corrected chi connectivity index (χ4v) is 1.95. The molecule has 0 spiro atoms. The molecule has 0 unspecified atom stereocenters. The molecular weight excluding hydrogens is 178 g/mol. The van der Waals surface area contributed by atoms with Crippen LogP contribution >= 0.6 is 21.8 Å². The summed E-state index contributed by atoms with van der Waals surface area (Å²) in [6.45, 7) is 3.16. The Morgan fingerprint density at radius 3 is 3.18 bits per heavy atom. The average molecular weight is 189 g/mol. The lowest BCUT2D eigenvalue weighted by Gasteiger charge is -2.02. The molecule has 3 nitrogen and oxygen atoms in total. The van der Waals surface area contributed by atoms with Gasteiger partial charge in [-0.25, -0.2) is 4.98 Å². The monoisotopic (exact) mass is 189 g/mol. The van der Waals surface area contributed by atoms with E-state index in [1.54, 1.807) is 6.20 Å². The van der Waals surface area contributed by atoms with Crippen molar-refractivity contribution in [1.29, 1.82) is 0 Å². The largest absolute Gasteiger partial charge is 0.325 e. The van der Waals surface area contributed by atoms with Gasteiger partial charge in [0.2, 0.25) is 0 Å². The van der Waals surface area contributed by atoms with Crippen molar-refractivity contribution in [2.45, 2.75) is 25.0 Å². The molecule has 0 saturated heterocycles. The molecule has 0 radical (unpaired) electrons. The summed E-state index contributed by atoms with van der Waals surface area (Å²) < 4.78 is 2.10. The van der Waals surface area contributed by atoms with E-state index in [1.807, 2.05) is 6.20 Å². The van der Waals surface area contributed by atoms with Gasteiger partial charge in [-0.1, -0.05) is 6.92 Å². The predicted molar refractivity (Wildman–Crippen MR) is 50.2 cm³/mol. The molecule has 0 saturated carbocycles. The minimum atomic E-state index is 0.986. The van der Waals surface area contributed by atoms with Gasteiger partial charge in [-0.3, -0.25) is 5.14 Å². The summed E-state index contributed by atoms with van der Waals surface area (Å²) in [6.07, 6.45) is 4.90. The molecule has 62 valence electrons. The molecule has 0 aromatic carbocycles. The highest BCUT2D eigenvalue weighted by Crippen LogP contribution is 2.24. The van der Waals surface area contributed by atoms with Gasteiger partial charge in [0.15, 0.2) is 5.16 Å². The second-order valence-electron chi connectivity index (χ2n) is 2.08. The molecule has 2 N–H and O–H groups in total. The summed E-state index contributed by atoms with van der Waals surface area (Å²) in [5.74, 6) is 0. The molecule has 5 heteroatoms. The van der Waals surface area contributed by atoms with Crippen LogP contribution < -0.4 is 5.14 Å². The van der Waals surface area contributed by atoms with Gasteiger partial charge in [0.05, 0.1) is 0 Å². The fraction of sp³-hybridized carbons (Fsp3) is 0.500. The zero-order chi connectivity index (χ0) is 8.10. The molecule has 1 aromatic heterocycles. The lowest BCUT2D eigenvalue weighted by atomic mass is 10.5. The number of hydrogen-bond acceptors (Lipinski definition) is 4. The second-order valence-corrected chi connectivity index (χ2v) is 3.88. The van der Waals surface area contributed by atoms with Gasteiger partial charge < -0.3 is 4.57 Å². The Balaban J connectivity index is 2.62. The minimum Gasteiger partial charge on any atom is -0.325 e. The van der Waals surface area contributed by atoms with Crippen LogP contribution in [0.25, 0.3) is 0 Å². The van der Waals surface area contributed by atoms with E-state index in [2.05, 4.69) is 16.5 Å². The van der Waals surface area contributed by atoms with Crippen LogP contribution in [0, 0.1) is 0 Å². The van der Waals surface area contributed by atoms with Gasteiger partial charge in [-0.05, 0) is 28.2 Å². The lowest BCUT2D eigenvalue weighted by molar-refractivity contribution is 0.622. The zero-order valence-electron chi connectivity index (χ0n) is 6.36. The molecule has 11 heavy (non-hydrogen) atoms. The lowest BCUT2D eigenvalue weighted by Crippen LogP contribution is -1.96. The summed E-state index contributed by atoms with van der Waals surface area (Å²) in [5.41, 5.74) is 0. The Kier molecular flexibility index (Phi) is 3.82. The first kappa shape index (κ1) is 8.96. The summed E-state index contributed by atoms with van der Waals surface area (Å²) in [5, 5.41) is 6.30. The van der Waals surface area contributed by atoms with Crippen LogP contribution in [-0.2, 0) is 6.54 Å². The molecule has 1 rings (SSSR count). The van der Waals surface area contributed by atoms with Crippen LogP contribution in [0.3, 0.4) is 0 Å². The van der Waals surface area contributed by atoms with Crippen molar-refractivity contribution in [2.24, 2.45) is 5.14 Å². The van der Waals surface area contributed by atoms with E-state index in [0.717, 1.165) is 18.1 Å². The van der Waals surface area contributed by atoms with E-state index in [0.29, 0.717) is 0 Å². The third-order valence-electron chi connectivity index (χ3n) is 1.26. The van der Waals surface area contributed by atoms with Gasteiger partial charge in [-0.2, -0.15) is 0 Å². The number of aromatic nitrogens is 2. The number of aryl methyl sites for hydroxylation is 1. The van der Waals surface area contributed by atoms with Gasteiger partial charge >= 0.3 is 0 Å². The van der Waals surface area contributed by atoms with Crippen molar-refractivity contribution in [3.63, 3.8) is 0 Å². The maximum absolute atomic E-state index is 5.31. The van der Waals surface area contributed by atoms with Crippen LogP contribution in [-0.4, -0.2) is 9.55 Å². The van der Waals surface area contributed by atoms with Crippen molar-refractivity contribution < 1.29 is 0 Å². The van der Waals surface area contributed by atoms with Crippen LogP contribution in [0.5, 0.6) is 0 Å². The Morgan fingerprint density at radius 1 is 1.73 bits per heavy atom. The molecule has 0 amide bonds. The minimum absolute atomic E-state index is 0.986. The van der Waals surface area contributed by atoms with Gasteiger partial charge in [0.25, 0.3) is 0 Å². The molecule has 1 heterocycles. The van der Waals surface area contributed by atoms with Gasteiger partial charge in [0.1, 0.15) is 0 Å². The van der Waals surface area contributed by atoms with Crippen LogP contribution in [0.15, 0.2) is 17.6 Å². The van der Waals surface area contributed by atoms with Crippen molar-refractivity contribution in [2.75, 3.05) is 0 Å². The third-order valence-corrected chi connectivity index (χ3v) is 2.59. The number of imidazole rings is 1. The predicted octanol–water partition coefficient (Wildman–Crippen LogP) is 1.91. The van der Waals surface area contributed by atoms with E-state index < -0.39 is 0 Å². The average Bonchev–Trinajstić information content (AvgIpc) is 2.39. The Hall–Kier alpha value is -0.130. The molecule has 0 aliphatic rings. The van der Waals surface area contributed by atoms with E-state index in [-0.39, 0.29) is 0 Å². The van der Waals surface area contributed by atoms with Crippen molar-refractivity contribution >= 4 is 21.8 Å². The second kappa shape index (κ2) is 4.69. The summed E-state index contributed by atoms with van der Waals surface area (Å²) >= 11 is 0. The molecule has 0 aliphatic carbocycles.